The molecule has 0 aliphatic carbocycles. The maximum absolute atomic E-state index is 12.6. The predicted molar refractivity (Wildman–Crippen MR) is 101 cm³/mol. The van der Waals surface area contributed by atoms with Gasteiger partial charge in [-0.05, 0) is 58.0 Å². The molecule has 0 bridgehead atoms. The molecule has 2 aliphatic heterocycles. The van der Waals surface area contributed by atoms with Gasteiger partial charge in [-0.1, -0.05) is 5.92 Å². The minimum atomic E-state index is -0.569. The van der Waals surface area contributed by atoms with E-state index in [-0.39, 0.29) is 17.9 Å². The summed E-state index contributed by atoms with van der Waals surface area (Å²) in [6, 6.07) is 0.192. The molecule has 2 heterocycles. The summed E-state index contributed by atoms with van der Waals surface area (Å²) in [4.78, 5) is 26.3. The lowest BCUT2D eigenvalue weighted by molar-refractivity contribution is -0.146. The molecule has 2 aliphatic rings. The Morgan fingerprint density at radius 3 is 2.81 bits per heavy atom. The number of nitrogens with zero attached hydrogens (tertiary/aromatic N) is 1. The van der Waals surface area contributed by atoms with Crippen LogP contribution in [-0.4, -0.2) is 62.1 Å². The van der Waals surface area contributed by atoms with Crippen molar-refractivity contribution in [1.29, 1.82) is 0 Å². The van der Waals surface area contributed by atoms with Crippen LogP contribution in [0.1, 0.15) is 45.4 Å². The standard InChI is InChI=1S/C20H33N3O3/c1-3-17(20(25)26-4-2)14-22-18-6-5-13-23(15-18)19(24)8-7-16-9-11-21-12-10-16/h1,16-18,21-22H,4-15H2,2H3/t17-,18+/m0/s1. The van der Waals surface area contributed by atoms with Gasteiger partial charge in [0.1, 0.15) is 5.92 Å². The molecule has 6 nitrogen and oxygen atoms in total. The van der Waals surface area contributed by atoms with Crippen molar-refractivity contribution in [2.45, 2.75) is 51.5 Å². The van der Waals surface area contributed by atoms with Crippen LogP contribution in [0.15, 0.2) is 0 Å². The number of amides is 1. The molecule has 0 aromatic carbocycles. The number of likely N-dealkylation sites (tertiary alicyclic amines) is 1. The molecule has 0 aromatic rings. The smallest absolute Gasteiger partial charge is 0.322 e. The maximum atomic E-state index is 12.6. The maximum Gasteiger partial charge on any atom is 0.322 e. The van der Waals surface area contributed by atoms with Crippen molar-refractivity contribution in [3.63, 3.8) is 0 Å². The number of carbonyl (C=O) groups excluding carboxylic acids is 2. The quantitative estimate of drug-likeness (QED) is 0.500. The van der Waals surface area contributed by atoms with Crippen molar-refractivity contribution in [3.8, 4) is 12.3 Å². The zero-order valence-electron chi connectivity index (χ0n) is 16.0. The molecular weight excluding hydrogens is 330 g/mol. The minimum absolute atomic E-state index is 0.192. The van der Waals surface area contributed by atoms with Gasteiger partial charge in [0.25, 0.3) is 0 Å². The highest BCUT2D eigenvalue weighted by Crippen LogP contribution is 2.19. The molecule has 26 heavy (non-hydrogen) atoms. The Kier molecular flexibility index (Phi) is 8.93. The second-order valence-electron chi connectivity index (χ2n) is 7.29. The molecule has 146 valence electrons. The largest absolute Gasteiger partial charge is 0.465 e. The average Bonchev–Trinajstić information content (AvgIpc) is 2.68. The number of nitrogens with one attached hydrogen (secondary N) is 2. The summed E-state index contributed by atoms with van der Waals surface area (Å²) in [6.45, 7) is 6.19. The fourth-order valence-corrected chi connectivity index (χ4v) is 3.76. The number of hydrogen-bond donors (Lipinski definition) is 2. The summed E-state index contributed by atoms with van der Waals surface area (Å²) in [5.74, 6) is 2.51. The van der Waals surface area contributed by atoms with Gasteiger partial charge < -0.3 is 20.3 Å². The van der Waals surface area contributed by atoms with Gasteiger partial charge in [-0.2, -0.15) is 0 Å². The van der Waals surface area contributed by atoms with Crippen LogP contribution in [0.4, 0.5) is 0 Å². The van der Waals surface area contributed by atoms with Gasteiger partial charge in [-0.3, -0.25) is 9.59 Å². The topological polar surface area (TPSA) is 70.7 Å². The Bertz CT molecular complexity index is 497. The van der Waals surface area contributed by atoms with Gasteiger partial charge in [-0.15, -0.1) is 6.42 Å². The summed E-state index contributed by atoms with van der Waals surface area (Å²) in [6.07, 6.45) is 11.4. The number of ether oxygens (including phenoxy) is 1. The number of rotatable bonds is 8. The van der Waals surface area contributed by atoms with E-state index in [1.807, 2.05) is 4.90 Å². The zero-order valence-corrected chi connectivity index (χ0v) is 16.0. The normalized spacial score (nSPS) is 22.5. The van der Waals surface area contributed by atoms with E-state index in [1.54, 1.807) is 6.92 Å². The Morgan fingerprint density at radius 1 is 1.35 bits per heavy atom. The third-order valence-electron chi connectivity index (χ3n) is 5.38. The summed E-state index contributed by atoms with van der Waals surface area (Å²) < 4.78 is 4.99. The van der Waals surface area contributed by atoms with Crippen molar-refractivity contribution < 1.29 is 14.3 Å². The number of hydrogen-bond acceptors (Lipinski definition) is 5. The molecule has 6 heteroatoms. The molecule has 0 spiro atoms. The lowest BCUT2D eigenvalue weighted by atomic mass is 9.92. The second-order valence-corrected chi connectivity index (χ2v) is 7.29. The summed E-state index contributed by atoms with van der Waals surface area (Å²) in [5, 5.41) is 6.72. The van der Waals surface area contributed by atoms with Gasteiger partial charge in [0.2, 0.25) is 5.91 Å². The number of piperidine rings is 2. The van der Waals surface area contributed by atoms with Crippen molar-refractivity contribution in [2.24, 2.45) is 11.8 Å². The highest BCUT2D eigenvalue weighted by Gasteiger charge is 2.26. The van der Waals surface area contributed by atoms with Gasteiger partial charge >= 0.3 is 5.97 Å². The molecule has 2 fully saturated rings. The highest BCUT2D eigenvalue weighted by atomic mass is 16.5. The SMILES string of the molecule is C#C[C@@H](CN[C@@H]1CCCN(C(=O)CCC2CCNCC2)C1)C(=O)OCC. The summed E-state index contributed by atoms with van der Waals surface area (Å²) in [5.41, 5.74) is 0. The molecule has 2 N–H and O–H groups in total. The van der Waals surface area contributed by atoms with E-state index < -0.39 is 5.92 Å². The second kappa shape index (κ2) is 11.2. The molecule has 2 rings (SSSR count). The first kappa shape index (κ1) is 20.7. The first-order valence-corrected chi connectivity index (χ1v) is 9.98. The summed E-state index contributed by atoms with van der Waals surface area (Å²) in [7, 11) is 0. The van der Waals surface area contributed by atoms with E-state index in [0.717, 1.165) is 38.9 Å². The van der Waals surface area contributed by atoms with E-state index in [2.05, 4.69) is 16.6 Å². The Hall–Kier alpha value is -1.58. The van der Waals surface area contributed by atoms with Crippen molar-refractivity contribution in [1.82, 2.24) is 15.5 Å². The number of esters is 1. The van der Waals surface area contributed by atoms with Gasteiger partial charge in [0, 0.05) is 32.1 Å². The van der Waals surface area contributed by atoms with E-state index in [9.17, 15) is 9.59 Å². The van der Waals surface area contributed by atoms with E-state index in [4.69, 9.17) is 11.2 Å². The van der Waals surface area contributed by atoms with Gasteiger partial charge in [0.05, 0.1) is 6.61 Å². The molecule has 2 saturated heterocycles. The Balaban J connectivity index is 1.72. The van der Waals surface area contributed by atoms with E-state index in [1.165, 1.54) is 12.8 Å². The third-order valence-corrected chi connectivity index (χ3v) is 5.38. The molecule has 0 unspecified atom stereocenters. The molecule has 2 atom stereocenters. The van der Waals surface area contributed by atoms with Crippen molar-refractivity contribution in [3.05, 3.63) is 0 Å². The fraction of sp³-hybridized carbons (Fsp3) is 0.800. The first-order chi connectivity index (χ1) is 12.6. The van der Waals surface area contributed by atoms with Crippen LogP contribution in [-0.2, 0) is 14.3 Å². The van der Waals surface area contributed by atoms with Crippen LogP contribution < -0.4 is 10.6 Å². The summed E-state index contributed by atoms with van der Waals surface area (Å²) >= 11 is 0. The lowest BCUT2D eigenvalue weighted by Crippen LogP contribution is -2.49. The molecule has 0 radical (unpaired) electrons. The lowest BCUT2D eigenvalue weighted by Gasteiger charge is -2.34. The van der Waals surface area contributed by atoms with Gasteiger partial charge in [-0.25, -0.2) is 0 Å². The highest BCUT2D eigenvalue weighted by molar-refractivity contribution is 5.76. The zero-order chi connectivity index (χ0) is 18.8. The molecule has 0 aromatic heterocycles. The minimum Gasteiger partial charge on any atom is -0.465 e. The average molecular weight is 364 g/mol. The molecule has 0 saturated carbocycles. The van der Waals surface area contributed by atoms with Crippen LogP contribution in [0, 0.1) is 24.2 Å². The fourth-order valence-electron chi connectivity index (χ4n) is 3.76. The van der Waals surface area contributed by atoms with Crippen LogP contribution in [0.25, 0.3) is 0 Å². The van der Waals surface area contributed by atoms with Crippen molar-refractivity contribution >= 4 is 11.9 Å². The van der Waals surface area contributed by atoms with E-state index >= 15 is 0 Å². The monoisotopic (exact) mass is 363 g/mol. The van der Waals surface area contributed by atoms with Crippen molar-refractivity contribution in [2.75, 3.05) is 39.3 Å². The first-order valence-electron chi connectivity index (χ1n) is 9.98. The Labute approximate surface area is 157 Å². The van der Waals surface area contributed by atoms with Crippen LogP contribution in [0.5, 0.6) is 0 Å². The predicted octanol–water partition coefficient (Wildman–Crippen LogP) is 1.16. The molecular formula is C20H33N3O3. The van der Waals surface area contributed by atoms with Crippen LogP contribution >= 0.6 is 0 Å². The van der Waals surface area contributed by atoms with E-state index in [0.29, 0.717) is 32.0 Å². The van der Waals surface area contributed by atoms with Crippen LogP contribution in [0.3, 0.4) is 0 Å². The number of terminal acetylenes is 1. The van der Waals surface area contributed by atoms with Gasteiger partial charge in [0.15, 0.2) is 0 Å². The number of carbonyl (C=O) groups is 2. The Morgan fingerprint density at radius 2 is 2.12 bits per heavy atom. The molecule has 1 amide bonds. The van der Waals surface area contributed by atoms with Crippen LogP contribution in [0.2, 0.25) is 0 Å². The third kappa shape index (κ3) is 6.62.